The Hall–Kier alpha value is -3.86. The van der Waals surface area contributed by atoms with E-state index in [9.17, 15) is 22.8 Å². The monoisotopic (exact) mass is 548 g/mol. The number of methoxy groups -OCH3 is 1. The van der Waals surface area contributed by atoms with Gasteiger partial charge in [0.15, 0.2) is 17.3 Å². The maximum absolute atomic E-state index is 12.9. The van der Waals surface area contributed by atoms with Gasteiger partial charge in [0.2, 0.25) is 5.91 Å². The zero-order valence-electron chi connectivity index (χ0n) is 22.8. The first-order chi connectivity index (χ1) is 18.3. The molecule has 1 fully saturated rings. The van der Waals surface area contributed by atoms with E-state index in [-0.39, 0.29) is 29.0 Å². The van der Waals surface area contributed by atoms with Crippen LogP contribution in [0.5, 0.6) is 0 Å². The Balaban J connectivity index is 0.000000798. The lowest BCUT2D eigenvalue weighted by molar-refractivity contribution is -0.114. The quantitative estimate of drug-likeness (QED) is 0.286. The fourth-order valence-electron chi connectivity index (χ4n) is 3.54. The summed E-state index contributed by atoms with van der Waals surface area (Å²) in [4.78, 5) is 28.6. The van der Waals surface area contributed by atoms with Crippen molar-refractivity contribution < 1.29 is 31.9 Å². The molecule has 2 amide bonds. The lowest BCUT2D eigenvalue weighted by Crippen LogP contribution is -2.27. The summed E-state index contributed by atoms with van der Waals surface area (Å²) in [6.07, 6.45) is -0.288. The van der Waals surface area contributed by atoms with Crippen LogP contribution in [0.4, 0.5) is 18.9 Å². The molecule has 3 N–H and O–H groups in total. The van der Waals surface area contributed by atoms with Gasteiger partial charge in [0.25, 0.3) is 5.91 Å². The Morgan fingerprint density at radius 2 is 1.77 bits per heavy atom. The van der Waals surface area contributed by atoms with Crippen molar-refractivity contribution in [3.05, 3.63) is 71.6 Å². The van der Waals surface area contributed by atoms with Gasteiger partial charge in [0.05, 0.1) is 12.9 Å². The number of alkyl halides is 3. The number of benzene rings is 1. The number of carbonyl (C=O) groups is 2. The van der Waals surface area contributed by atoms with Gasteiger partial charge in [-0.2, -0.15) is 13.2 Å². The number of nitrogens with zero attached hydrogens (tertiary/aromatic N) is 1. The minimum absolute atomic E-state index is 0.0146. The first kappa shape index (κ1) is 31.4. The van der Waals surface area contributed by atoms with E-state index in [0.29, 0.717) is 17.1 Å². The number of ether oxygens (including phenoxy) is 1. The van der Waals surface area contributed by atoms with E-state index in [0.717, 1.165) is 44.7 Å². The number of nitrogens with one attached hydrogen (secondary N) is 3. The van der Waals surface area contributed by atoms with Gasteiger partial charge in [-0.3, -0.25) is 9.59 Å². The van der Waals surface area contributed by atoms with E-state index in [1.54, 1.807) is 31.4 Å². The van der Waals surface area contributed by atoms with Crippen LogP contribution in [0.1, 0.15) is 62.8 Å². The van der Waals surface area contributed by atoms with Crippen molar-refractivity contribution in [2.75, 3.05) is 25.5 Å². The number of oxazole rings is 1. The number of rotatable bonds is 7. The van der Waals surface area contributed by atoms with E-state index in [1.165, 1.54) is 6.92 Å². The summed E-state index contributed by atoms with van der Waals surface area (Å²) in [5.41, 5.74) is -0.0496. The van der Waals surface area contributed by atoms with Gasteiger partial charge in [-0.25, -0.2) is 4.98 Å². The number of allylic oxidation sites excluding steroid dienone is 4. The Bertz CT molecular complexity index is 1210. The molecule has 2 heterocycles. The Morgan fingerprint density at radius 3 is 2.26 bits per heavy atom. The van der Waals surface area contributed by atoms with Crippen molar-refractivity contribution in [1.82, 2.24) is 15.6 Å². The van der Waals surface area contributed by atoms with Gasteiger partial charge in [0.1, 0.15) is 0 Å². The molecule has 0 atom stereocenters. The fourth-order valence-corrected chi connectivity index (χ4v) is 3.54. The summed E-state index contributed by atoms with van der Waals surface area (Å²) in [5, 5.41) is 8.26. The van der Waals surface area contributed by atoms with Crippen LogP contribution in [0.15, 0.2) is 64.4 Å². The predicted octanol–water partition coefficient (Wildman–Crippen LogP) is 6.08. The van der Waals surface area contributed by atoms with Crippen LogP contribution < -0.4 is 16.0 Å². The number of hydrogen-bond acceptors (Lipinski definition) is 6. The Kier molecular flexibility index (Phi) is 11.5. The molecule has 0 aliphatic carbocycles. The standard InChI is InChI=1S/C23H25F3N4O3.C5H10O/c1-13(23(24,25)26)12-14(2)28-21(32)19-20(16-4-6-18(7-5-16)29-15(3)31)33-22(30-19)17-8-10-27-11-9-17;1-4-5(2)6-3/h4-7,12,17,27H,2,8-11H2,1,3H3,(H,28,32)(H,29,31);4H,1-3H3/b13-12+;5-4+. The molecule has 3 rings (SSSR count). The minimum atomic E-state index is -4.52. The molecule has 8 nitrogen and oxygen atoms in total. The highest BCUT2D eigenvalue weighted by Gasteiger charge is 2.31. The normalized spacial score (nSPS) is 14.7. The summed E-state index contributed by atoms with van der Waals surface area (Å²) in [6, 6.07) is 6.63. The van der Waals surface area contributed by atoms with Crippen molar-refractivity contribution in [1.29, 1.82) is 0 Å². The third-order valence-corrected chi connectivity index (χ3v) is 5.86. The second-order valence-electron chi connectivity index (χ2n) is 8.92. The number of halogens is 3. The molecular formula is C28H35F3N4O4. The molecule has 0 saturated carbocycles. The molecule has 0 spiro atoms. The predicted molar refractivity (Wildman–Crippen MR) is 144 cm³/mol. The van der Waals surface area contributed by atoms with Crippen molar-refractivity contribution in [2.45, 2.75) is 52.6 Å². The zero-order valence-corrected chi connectivity index (χ0v) is 22.8. The number of aromatic nitrogens is 1. The molecule has 1 aromatic heterocycles. The molecule has 2 aromatic rings. The molecule has 1 saturated heterocycles. The van der Waals surface area contributed by atoms with Crippen molar-refractivity contribution in [2.24, 2.45) is 0 Å². The first-order valence-electron chi connectivity index (χ1n) is 12.4. The Labute approximate surface area is 226 Å². The lowest BCUT2D eigenvalue weighted by atomic mass is 9.98. The van der Waals surface area contributed by atoms with Gasteiger partial charge >= 0.3 is 6.18 Å². The number of piperidine rings is 1. The third-order valence-electron chi connectivity index (χ3n) is 5.86. The van der Waals surface area contributed by atoms with E-state index in [1.807, 2.05) is 19.9 Å². The van der Waals surface area contributed by atoms with Crippen LogP contribution in [-0.4, -0.2) is 43.2 Å². The first-order valence-corrected chi connectivity index (χ1v) is 12.4. The molecule has 11 heteroatoms. The smallest absolute Gasteiger partial charge is 0.412 e. The topological polar surface area (TPSA) is 105 Å². The van der Waals surface area contributed by atoms with Crippen LogP contribution in [0.2, 0.25) is 0 Å². The summed E-state index contributed by atoms with van der Waals surface area (Å²) in [7, 11) is 1.66. The number of anilines is 1. The highest BCUT2D eigenvalue weighted by atomic mass is 19.4. The van der Waals surface area contributed by atoms with Gasteiger partial charge in [-0.1, -0.05) is 12.7 Å². The number of carbonyl (C=O) groups excluding carboxylic acids is 2. The van der Waals surface area contributed by atoms with Gasteiger partial charge < -0.3 is 25.1 Å². The van der Waals surface area contributed by atoms with Crippen LogP contribution in [0.3, 0.4) is 0 Å². The maximum atomic E-state index is 12.9. The lowest BCUT2D eigenvalue weighted by Gasteiger charge is -2.19. The van der Waals surface area contributed by atoms with E-state index in [2.05, 4.69) is 27.5 Å². The Morgan fingerprint density at radius 1 is 1.15 bits per heavy atom. The zero-order chi connectivity index (χ0) is 29.2. The molecule has 212 valence electrons. The van der Waals surface area contributed by atoms with Crippen molar-refractivity contribution in [3.63, 3.8) is 0 Å². The third kappa shape index (κ3) is 9.75. The average molecular weight is 549 g/mol. The van der Waals surface area contributed by atoms with Crippen LogP contribution in [0, 0.1) is 0 Å². The molecular weight excluding hydrogens is 513 g/mol. The SMILES string of the molecule is C/C=C(\C)OC.C=C(/C=C(\C)C(F)(F)F)NC(=O)c1nc(C2CCNCC2)oc1-c1ccc(NC(C)=O)cc1. The molecule has 0 radical (unpaired) electrons. The molecule has 1 aromatic carbocycles. The molecule has 0 unspecified atom stereocenters. The average Bonchev–Trinajstić information content (AvgIpc) is 3.34. The van der Waals surface area contributed by atoms with Crippen LogP contribution in [0.25, 0.3) is 11.3 Å². The highest BCUT2D eigenvalue weighted by molar-refractivity contribution is 5.99. The van der Waals surface area contributed by atoms with Crippen molar-refractivity contribution in [3.8, 4) is 11.3 Å². The maximum Gasteiger partial charge on any atom is 0.412 e. The summed E-state index contributed by atoms with van der Waals surface area (Å²) in [6.45, 7) is 11.2. The highest BCUT2D eigenvalue weighted by Crippen LogP contribution is 2.32. The summed E-state index contributed by atoms with van der Waals surface area (Å²) in [5.74, 6) is 0.623. The summed E-state index contributed by atoms with van der Waals surface area (Å²) >= 11 is 0. The number of amides is 2. The van der Waals surface area contributed by atoms with E-state index in [4.69, 9.17) is 9.15 Å². The van der Waals surface area contributed by atoms with Gasteiger partial charge in [-0.15, -0.1) is 0 Å². The largest absolute Gasteiger partial charge is 0.502 e. The van der Waals surface area contributed by atoms with E-state index >= 15 is 0 Å². The van der Waals surface area contributed by atoms with Crippen LogP contribution >= 0.6 is 0 Å². The van der Waals surface area contributed by atoms with E-state index < -0.39 is 17.7 Å². The molecule has 0 bridgehead atoms. The van der Waals surface area contributed by atoms with Crippen molar-refractivity contribution >= 4 is 17.5 Å². The second-order valence-corrected chi connectivity index (χ2v) is 8.92. The number of hydrogen-bond donors (Lipinski definition) is 3. The minimum Gasteiger partial charge on any atom is -0.502 e. The molecule has 1 aliphatic heterocycles. The molecule has 1 aliphatic rings. The van der Waals surface area contributed by atoms with Crippen LogP contribution in [-0.2, 0) is 9.53 Å². The molecule has 39 heavy (non-hydrogen) atoms. The summed E-state index contributed by atoms with van der Waals surface area (Å²) < 4.78 is 49.1. The second kappa shape index (κ2) is 14.3. The fraction of sp³-hybridized carbons (Fsp3) is 0.393. The van der Waals surface area contributed by atoms with Gasteiger partial charge in [-0.05, 0) is 77.0 Å². The van der Waals surface area contributed by atoms with Gasteiger partial charge in [0, 0.05) is 35.4 Å².